The number of hydrogen-bond donors (Lipinski definition) is 1. The number of hydrogen-bond acceptors (Lipinski definition) is 3. The second-order valence-electron chi connectivity index (χ2n) is 4.42. The Balaban J connectivity index is 2.34. The van der Waals surface area contributed by atoms with Gasteiger partial charge in [-0.15, -0.1) is 0 Å². The van der Waals surface area contributed by atoms with Gasteiger partial charge >= 0.3 is 0 Å². The summed E-state index contributed by atoms with van der Waals surface area (Å²) >= 11 is 0. The van der Waals surface area contributed by atoms with E-state index in [-0.39, 0.29) is 11.5 Å². The molecule has 2 unspecified atom stereocenters. The van der Waals surface area contributed by atoms with Crippen molar-refractivity contribution in [2.24, 2.45) is 11.1 Å². The monoisotopic (exact) mass is 192 g/mol. The number of pyridine rings is 1. The molecule has 1 saturated carbocycles. The molecule has 1 heterocycles. The minimum atomic E-state index is 0.154. The molecule has 0 amide bonds. The second-order valence-corrected chi connectivity index (χ2v) is 4.42. The van der Waals surface area contributed by atoms with Crippen molar-refractivity contribution in [1.29, 1.82) is 0 Å². The molecule has 1 fully saturated rings. The van der Waals surface area contributed by atoms with Crippen LogP contribution in [0.15, 0.2) is 18.3 Å². The molecule has 1 aliphatic carbocycles. The van der Waals surface area contributed by atoms with E-state index < -0.39 is 0 Å². The fourth-order valence-electron chi connectivity index (χ4n) is 2.01. The number of nitrogens with zero attached hydrogens (tertiary/aromatic N) is 1. The fraction of sp³-hybridized carbons (Fsp3) is 0.545. The van der Waals surface area contributed by atoms with Crippen molar-refractivity contribution < 1.29 is 4.74 Å². The van der Waals surface area contributed by atoms with Crippen LogP contribution in [0.5, 0.6) is 5.75 Å². The zero-order valence-electron chi connectivity index (χ0n) is 8.82. The first-order valence-electron chi connectivity index (χ1n) is 4.83. The Kier molecular flexibility index (Phi) is 2.00. The molecule has 2 atom stereocenters. The molecule has 0 aliphatic heterocycles. The van der Waals surface area contributed by atoms with Crippen LogP contribution >= 0.6 is 0 Å². The molecule has 0 bridgehead atoms. The average molecular weight is 192 g/mol. The normalized spacial score (nSPS) is 28.6. The first kappa shape index (κ1) is 9.46. The first-order valence-corrected chi connectivity index (χ1v) is 4.83. The topological polar surface area (TPSA) is 48.1 Å². The average Bonchev–Trinajstić information content (AvgIpc) is 2.66. The predicted molar refractivity (Wildman–Crippen MR) is 55.3 cm³/mol. The molecule has 0 spiro atoms. The molecule has 1 aliphatic rings. The highest BCUT2D eigenvalue weighted by Gasteiger charge is 2.58. The molecule has 3 heteroatoms. The Bertz CT molecular complexity index is 349. The smallest absolute Gasteiger partial charge is 0.140 e. The maximum atomic E-state index is 6.00. The van der Waals surface area contributed by atoms with Crippen LogP contribution in [-0.4, -0.2) is 18.1 Å². The Hall–Kier alpha value is -1.09. The van der Waals surface area contributed by atoms with Crippen LogP contribution in [0.1, 0.15) is 25.5 Å². The van der Waals surface area contributed by atoms with Gasteiger partial charge in [0.2, 0.25) is 0 Å². The van der Waals surface area contributed by atoms with E-state index in [2.05, 4.69) is 18.8 Å². The Labute approximate surface area is 84.3 Å². The molecule has 76 valence electrons. The van der Waals surface area contributed by atoms with Gasteiger partial charge in [-0.3, -0.25) is 4.98 Å². The van der Waals surface area contributed by atoms with E-state index in [0.29, 0.717) is 5.92 Å². The van der Waals surface area contributed by atoms with Crippen molar-refractivity contribution >= 4 is 0 Å². The lowest BCUT2D eigenvalue weighted by atomic mass is 10.1. The molecule has 1 aromatic heterocycles. The summed E-state index contributed by atoms with van der Waals surface area (Å²) in [5, 5.41) is 0. The third-order valence-corrected chi connectivity index (χ3v) is 3.22. The quantitative estimate of drug-likeness (QED) is 0.773. The number of methoxy groups -OCH3 is 1. The van der Waals surface area contributed by atoms with Crippen molar-refractivity contribution in [2.45, 2.75) is 25.8 Å². The Morgan fingerprint density at radius 3 is 2.64 bits per heavy atom. The van der Waals surface area contributed by atoms with E-state index in [1.165, 1.54) is 0 Å². The zero-order valence-corrected chi connectivity index (χ0v) is 8.82. The summed E-state index contributed by atoms with van der Waals surface area (Å²) in [7, 11) is 1.67. The van der Waals surface area contributed by atoms with E-state index in [1.807, 2.05) is 12.1 Å². The Morgan fingerprint density at radius 1 is 1.50 bits per heavy atom. The van der Waals surface area contributed by atoms with Crippen LogP contribution in [0.3, 0.4) is 0 Å². The van der Waals surface area contributed by atoms with Crippen molar-refractivity contribution in [3.8, 4) is 5.75 Å². The maximum absolute atomic E-state index is 6.00. The van der Waals surface area contributed by atoms with Crippen molar-refractivity contribution in [2.75, 3.05) is 7.11 Å². The number of nitrogens with two attached hydrogens (primary N) is 1. The number of ether oxygens (including phenoxy) is 1. The largest absolute Gasteiger partial charge is 0.495 e. The van der Waals surface area contributed by atoms with Crippen molar-refractivity contribution in [3.63, 3.8) is 0 Å². The van der Waals surface area contributed by atoms with Gasteiger partial charge in [-0.05, 0) is 17.5 Å². The summed E-state index contributed by atoms with van der Waals surface area (Å²) in [6.07, 6.45) is 1.79. The molecule has 0 saturated heterocycles. The van der Waals surface area contributed by atoms with E-state index in [0.717, 1.165) is 11.4 Å². The molecular weight excluding hydrogens is 176 g/mol. The molecule has 14 heavy (non-hydrogen) atoms. The molecule has 1 aromatic rings. The molecule has 2 rings (SSSR count). The predicted octanol–water partition coefficient (Wildman–Crippen LogP) is 1.54. The van der Waals surface area contributed by atoms with Crippen LogP contribution in [0, 0.1) is 5.41 Å². The lowest BCUT2D eigenvalue weighted by molar-refractivity contribution is 0.404. The molecule has 0 radical (unpaired) electrons. The van der Waals surface area contributed by atoms with Crippen LogP contribution in [0.25, 0.3) is 0 Å². The van der Waals surface area contributed by atoms with E-state index >= 15 is 0 Å². The summed E-state index contributed by atoms with van der Waals surface area (Å²) < 4.78 is 5.27. The fourth-order valence-corrected chi connectivity index (χ4v) is 2.01. The standard InChI is InChI=1S/C11H16N2O/c1-11(2)8(10(11)12)9-7(14-3)5-4-6-13-9/h4-6,8,10H,12H2,1-3H3. The Morgan fingerprint density at radius 2 is 2.14 bits per heavy atom. The summed E-state index contributed by atoms with van der Waals surface area (Å²) in [6, 6.07) is 4.01. The highest BCUT2D eigenvalue weighted by molar-refractivity contribution is 5.39. The number of rotatable bonds is 2. The summed E-state index contributed by atoms with van der Waals surface area (Å²) in [5.74, 6) is 1.18. The SMILES string of the molecule is COc1cccnc1C1C(N)C1(C)C. The van der Waals surface area contributed by atoms with Gasteiger partial charge in [0, 0.05) is 18.2 Å². The third kappa shape index (κ3) is 1.20. The lowest BCUT2D eigenvalue weighted by Gasteiger charge is -2.07. The van der Waals surface area contributed by atoms with Crippen LogP contribution in [0.2, 0.25) is 0 Å². The number of aromatic nitrogens is 1. The van der Waals surface area contributed by atoms with E-state index in [9.17, 15) is 0 Å². The van der Waals surface area contributed by atoms with Gasteiger partial charge in [0.15, 0.2) is 0 Å². The van der Waals surface area contributed by atoms with Gasteiger partial charge in [0.25, 0.3) is 0 Å². The minimum absolute atomic E-state index is 0.154. The van der Waals surface area contributed by atoms with Crippen LogP contribution in [0.4, 0.5) is 0 Å². The van der Waals surface area contributed by atoms with E-state index in [4.69, 9.17) is 10.5 Å². The summed E-state index contributed by atoms with van der Waals surface area (Å²) in [6.45, 7) is 4.33. The lowest BCUT2D eigenvalue weighted by Crippen LogP contribution is -2.06. The second kappa shape index (κ2) is 2.95. The van der Waals surface area contributed by atoms with Gasteiger partial charge in [-0.25, -0.2) is 0 Å². The highest BCUT2D eigenvalue weighted by atomic mass is 16.5. The van der Waals surface area contributed by atoms with Crippen LogP contribution in [-0.2, 0) is 0 Å². The van der Waals surface area contributed by atoms with Crippen molar-refractivity contribution in [1.82, 2.24) is 4.98 Å². The third-order valence-electron chi connectivity index (χ3n) is 3.22. The van der Waals surface area contributed by atoms with Gasteiger partial charge in [-0.1, -0.05) is 13.8 Å². The highest BCUT2D eigenvalue weighted by Crippen LogP contribution is 2.58. The molecular formula is C11H16N2O. The minimum Gasteiger partial charge on any atom is -0.495 e. The van der Waals surface area contributed by atoms with Gasteiger partial charge in [0.05, 0.1) is 12.8 Å². The van der Waals surface area contributed by atoms with Crippen LogP contribution < -0.4 is 10.5 Å². The van der Waals surface area contributed by atoms with Gasteiger partial charge in [0.1, 0.15) is 5.75 Å². The van der Waals surface area contributed by atoms with Crippen molar-refractivity contribution in [3.05, 3.63) is 24.0 Å². The summed E-state index contributed by atoms with van der Waals surface area (Å²) in [5.41, 5.74) is 7.15. The summed E-state index contributed by atoms with van der Waals surface area (Å²) in [4.78, 5) is 4.35. The maximum Gasteiger partial charge on any atom is 0.140 e. The molecule has 2 N–H and O–H groups in total. The molecule has 3 nitrogen and oxygen atoms in total. The molecule has 0 aromatic carbocycles. The van der Waals surface area contributed by atoms with E-state index in [1.54, 1.807) is 13.3 Å². The zero-order chi connectivity index (χ0) is 10.3. The van der Waals surface area contributed by atoms with Gasteiger partial charge in [-0.2, -0.15) is 0 Å². The first-order chi connectivity index (χ1) is 6.59. The van der Waals surface area contributed by atoms with Gasteiger partial charge < -0.3 is 10.5 Å².